The third-order valence-corrected chi connectivity index (χ3v) is 6.26. The molecule has 1 saturated carbocycles. The molecular formula is C16H17F3N4O2S. The van der Waals surface area contributed by atoms with Crippen molar-refractivity contribution in [2.24, 2.45) is 5.92 Å². The van der Waals surface area contributed by atoms with Gasteiger partial charge in [-0.05, 0) is 24.8 Å². The number of nitrogens with one attached hydrogen (secondary N) is 2. The Morgan fingerprint density at radius 1 is 1.38 bits per heavy atom. The van der Waals surface area contributed by atoms with Crippen LogP contribution in [0.15, 0.2) is 18.5 Å². The average Bonchev–Trinajstić information content (AvgIpc) is 2.99. The Morgan fingerprint density at radius 2 is 2.12 bits per heavy atom. The molecule has 26 heavy (non-hydrogen) atoms. The molecule has 0 aromatic carbocycles. The van der Waals surface area contributed by atoms with Gasteiger partial charge in [0.05, 0.1) is 30.2 Å². The van der Waals surface area contributed by atoms with Gasteiger partial charge in [-0.15, -0.1) is 0 Å². The Bertz CT molecular complexity index is 941. The van der Waals surface area contributed by atoms with Crippen LogP contribution in [-0.4, -0.2) is 42.1 Å². The van der Waals surface area contributed by atoms with Gasteiger partial charge in [-0.25, -0.2) is 13.3 Å². The van der Waals surface area contributed by atoms with E-state index < -0.39 is 28.2 Å². The van der Waals surface area contributed by atoms with Crippen molar-refractivity contribution in [3.05, 3.63) is 29.9 Å². The quantitative estimate of drug-likeness (QED) is 0.743. The van der Waals surface area contributed by atoms with Crippen molar-refractivity contribution in [1.29, 1.82) is 0 Å². The molecule has 0 spiro atoms. The third kappa shape index (κ3) is 4.27. The van der Waals surface area contributed by atoms with Gasteiger partial charge in [-0.3, -0.25) is 4.98 Å². The van der Waals surface area contributed by atoms with Gasteiger partial charge in [0, 0.05) is 23.8 Å². The molecule has 6 nitrogen and oxygen atoms in total. The van der Waals surface area contributed by atoms with Crippen molar-refractivity contribution >= 4 is 32.2 Å². The Balaban J connectivity index is 1.58. The summed E-state index contributed by atoms with van der Waals surface area (Å²) in [4.78, 5) is 10.6. The maximum atomic E-state index is 12.2. The highest BCUT2D eigenvalue weighted by Crippen LogP contribution is 2.37. The Hall–Kier alpha value is -2.28. The van der Waals surface area contributed by atoms with Gasteiger partial charge in [0.1, 0.15) is 5.65 Å². The Kier molecular flexibility index (Phi) is 4.84. The van der Waals surface area contributed by atoms with Crippen LogP contribution in [0.5, 0.6) is 0 Å². The van der Waals surface area contributed by atoms with E-state index in [1.165, 1.54) is 6.20 Å². The molecular weight excluding hydrogens is 369 g/mol. The molecule has 0 atom stereocenters. The second-order valence-electron chi connectivity index (χ2n) is 6.53. The number of halogens is 3. The van der Waals surface area contributed by atoms with Gasteiger partial charge >= 0.3 is 6.18 Å². The van der Waals surface area contributed by atoms with Gasteiger partial charge in [-0.1, -0.05) is 0 Å². The second-order valence-corrected chi connectivity index (χ2v) is 8.76. The predicted molar refractivity (Wildman–Crippen MR) is 91.8 cm³/mol. The van der Waals surface area contributed by atoms with E-state index in [2.05, 4.69) is 20.1 Å². The van der Waals surface area contributed by atoms with Crippen LogP contribution in [0.1, 0.15) is 19.3 Å². The van der Waals surface area contributed by atoms with Crippen LogP contribution in [0.3, 0.4) is 0 Å². The standard InChI is InChI=1S/C16H17F3N4O2S/c1-20-13-8-22-15-12(2-4-21-15)14(13)23-11-6-10(7-11)9-26(24,25)5-3-16(17,18)19/h2,4,8,10-11H,3,5-7,9H2,(H2,21,22,23). The number of anilines is 1. The number of rotatable bonds is 6. The highest BCUT2D eigenvalue weighted by atomic mass is 32.2. The first-order valence-corrected chi connectivity index (χ1v) is 9.86. The zero-order chi connectivity index (χ0) is 18.9. The van der Waals surface area contributed by atoms with E-state index in [9.17, 15) is 21.6 Å². The van der Waals surface area contributed by atoms with Crippen molar-refractivity contribution < 1.29 is 21.6 Å². The lowest BCUT2D eigenvalue weighted by molar-refractivity contribution is -0.129. The fourth-order valence-corrected chi connectivity index (χ4v) is 4.84. The van der Waals surface area contributed by atoms with Gasteiger partial charge in [-0.2, -0.15) is 13.2 Å². The molecule has 2 aromatic heterocycles. The minimum Gasteiger partial charge on any atom is -0.390 e. The maximum Gasteiger partial charge on any atom is 0.390 e. The lowest BCUT2D eigenvalue weighted by Gasteiger charge is -2.36. The summed E-state index contributed by atoms with van der Waals surface area (Å²) in [6.07, 6.45) is -1.51. The molecule has 0 radical (unpaired) electrons. The lowest BCUT2D eigenvalue weighted by atomic mass is 9.81. The van der Waals surface area contributed by atoms with E-state index in [1.54, 1.807) is 12.3 Å². The minimum atomic E-state index is -4.46. The summed E-state index contributed by atoms with van der Waals surface area (Å²) < 4.78 is 60.2. The van der Waals surface area contributed by atoms with E-state index in [4.69, 9.17) is 6.57 Å². The fourth-order valence-electron chi connectivity index (χ4n) is 3.14. The summed E-state index contributed by atoms with van der Waals surface area (Å²) in [6, 6.07) is 1.79. The SMILES string of the molecule is [C-]#[N+]c1cnc2[nH]ccc2c1NC1CC(CS(=O)(=O)CCC(F)(F)F)C1. The zero-order valence-electron chi connectivity index (χ0n) is 13.7. The molecule has 0 amide bonds. The number of alkyl halides is 3. The van der Waals surface area contributed by atoms with Gasteiger partial charge in [0.2, 0.25) is 5.69 Å². The van der Waals surface area contributed by atoms with Gasteiger partial charge in [0.25, 0.3) is 0 Å². The predicted octanol–water partition coefficient (Wildman–Crippen LogP) is 3.67. The van der Waals surface area contributed by atoms with Crippen LogP contribution >= 0.6 is 0 Å². The van der Waals surface area contributed by atoms with Crippen molar-refractivity contribution in [3.63, 3.8) is 0 Å². The molecule has 2 aromatic rings. The Morgan fingerprint density at radius 3 is 2.77 bits per heavy atom. The first kappa shape index (κ1) is 18.5. The summed E-state index contributed by atoms with van der Waals surface area (Å²) >= 11 is 0. The Labute approximate surface area is 148 Å². The number of aromatic amines is 1. The van der Waals surface area contributed by atoms with Crippen LogP contribution in [0.4, 0.5) is 24.5 Å². The molecule has 2 N–H and O–H groups in total. The molecule has 0 unspecified atom stereocenters. The third-order valence-electron chi connectivity index (χ3n) is 4.46. The molecule has 0 saturated heterocycles. The minimum absolute atomic E-state index is 0.0150. The number of aromatic nitrogens is 2. The molecule has 0 aliphatic heterocycles. The van der Waals surface area contributed by atoms with Gasteiger partial charge in [0.15, 0.2) is 9.84 Å². The normalized spacial score (nSPS) is 20.5. The van der Waals surface area contributed by atoms with Crippen LogP contribution < -0.4 is 5.32 Å². The highest BCUT2D eigenvalue weighted by Gasteiger charge is 2.35. The fraction of sp³-hybridized carbons (Fsp3) is 0.500. The van der Waals surface area contributed by atoms with Crippen LogP contribution in [-0.2, 0) is 9.84 Å². The van der Waals surface area contributed by atoms with Crippen molar-refractivity contribution in [3.8, 4) is 0 Å². The van der Waals surface area contributed by atoms with Crippen LogP contribution in [0, 0.1) is 12.5 Å². The topological polar surface area (TPSA) is 79.2 Å². The van der Waals surface area contributed by atoms with Crippen LogP contribution in [0.25, 0.3) is 15.9 Å². The molecule has 0 bridgehead atoms. The van der Waals surface area contributed by atoms with Crippen molar-refractivity contribution in [2.45, 2.75) is 31.5 Å². The monoisotopic (exact) mass is 386 g/mol. The van der Waals surface area contributed by atoms with Gasteiger partial charge < -0.3 is 10.3 Å². The summed E-state index contributed by atoms with van der Waals surface area (Å²) in [5.41, 5.74) is 1.67. The number of fused-ring (bicyclic) bond motifs is 1. The van der Waals surface area contributed by atoms with E-state index in [0.29, 0.717) is 29.9 Å². The summed E-state index contributed by atoms with van der Waals surface area (Å²) in [5, 5.41) is 4.03. The second kappa shape index (κ2) is 6.79. The first-order chi connectivity index (χ1) is 12.2. The summed E-state index contributed by atoms with van der Waals surface area (Å²) in [7, 11) is -3.72. The lowest BCUT2D eigenvalue weighted by Crippen LogP contribution is -2.39. The summed E-state index contributed by atoms with van der Waals surface area (Å²) in [6.45, 7) is 7.25. The first-order valence-electron chi connectivity index (χ1n) is 8.04. The number of nitrogens with zero attached hydrogens (tertiary/aromatic N) is 2. The van der Waals surface area contributed by atoms with E-state index in [1.807, 2.05) is 0 Å². The van der Waals surface area contributed by atoms with Crippen molar-refractivity contribution in [1.82, 2.24) is 9.97 Å². The summed E-state index contributed by atoms with van der Waals surface area (Å²) in [5.74, 6) is -1.25. The molecule has 10 heteroatoms. The molecule has 1 fully saturated rings. The van der Waals surface area contributed by atoms with Crippen molar-refractivity contribution in [2.75, 3.05) is 16.8 Å². The largest absolute Gasteiger partial charge is 0.390 e. The number of hydrogen-bond donors (Lipinski definition) is 2. The number of pyridine rings is 1. The number of H-pyrrole nitrogens is 1. The number of hydrogen-bond acceptors (Lipinski definition) is 4. The molecule has 140 valence electrons. The average molecular weight is 386 g/mol. The van der Waals surface area contributed by atoms with E-state index in [-0.39, 0.29) is 17.7 Å². The van der Waals surface area contributed by atoms with E-state index >= 15 is 0 Å². The molecule has 1 aliphatic carbocycles. The van der Waals surface area contributed by atoms with E-state index in [0.717, 1.165) is 5.39 Å². The molecule has 1 aliphatic rings. The highest BCUT2D eigenvalue weighted by molar-refractivity contribution is 7.91. The number of sulfone groups is 1. The molecule has 3 rings (SSSR count). The molecule has 2 heterocycles. The smallest absolute Gasteiger partial charge is 0.390 e. The van der Waals surface area contributed by atoms with Crippen LogP contribution in [0.2, 0.25) is 0 Å². The maximum absolute atomic E-state index is 12.2. The zero-order valence-corrected chi connectivity index (χ0v) is 14.5.